The predicted molar refractivity (Wildman–Crippen MR) is 130 cm³/mol. The van der Waals surface area contributed by atoms with E-state index in [4.69, 9.17) is 21.1 Å². The molecule has 0 aliphatic heterocycles. The fourth-order valence-electron chi connectivity index (χ4n) is 3.16. The first-order valence-corrected chi connectivity index (χ1v) is 11.0. The maximum atomic E-state index is 12.4. The highest BCUT2D eigenvalue weighted by molar-refractivity contribution is 6.31. The van der Waals surface area contributed by atoms with Crippen molar-refractivity contribution in [3.8, 4) is 11.5 Å². The van der Waals surface area contributed by atoms with Crippen molar-refractivity contribution in [2.45, 2.75) is 27.0 Å². The van der Waals surface area contributed by atoms with Crippen molar-refractivity contribution in [1.29, 1.82) is 0 Å². The van der Waals surface area contributed by atoms with Gasteiger partial charge in [-0.3, -0.25) is 4.79 Å². The lowest BCUT2D eigenvalue weighted by Crippen LogP contribution is -2.27. The minimum absolute atomic E-state index is 0.0764. The molecule has 0 aliphatic carbocycles. The normalized spacial score (nSPS) is 10.7. The lowest BCUT2D eigenvalue weighted by atomic mass is 10.1. The Hall–Kier alpha value is -3.18. The van der Waals surface area contributed by atoms with Crippen LogP contribution in [0, 0.1) is 5.92 Å². The molecule has 0 aromatic heterocycles. The maximum Gasteiger partial charge on any atom is 0.251 e. The minimum atomic E-state index is -0.0764. The van der Waals surface area contributed by atoms with Crippen molar-refractivity contribution in [3.05, 3.63) is 88.4 Å². The highest BCUT2D eigenvalue weighted by atomic mass is 35.5. The number of halogens is 1. The average molecular weight is 453 g/mol. The molecular weight excluding hydrogens is 424 g/mol. The van der Waals surface area contributed by atoms with Crippen LogP contribution < -0.4 is 20.1 Å². The number of carbonyl (C=O) groups excluding carboxylic acids is 1. The second-order valence-corrected chi connectivity index (χ2v) is 8.27. The molecule has 2 N–H and O–H groups in total. The van der Waals surface area contributed by atoms with Crippen LogP contribution in [0.5, 0.6) is 11.5 Å². The zero-order valence-electron chi connectivity index (χ0n) is 18.7. The summed E-state index contributed by atoms with van der Waals surface area (Å²) in [6.45, 7) is 5.62. The van der Waals surface area contributed by atoms with Crippen LogP contribution in [0.15, 0.2) is 66.7 Å². The van der Waals surface area contributed by atoms with Crippen molar-refractivity contribution in [2.24, 2.45) is 5.92 Å². The van der Waals surface area contributed by atoms with Crippen LogP contribution in [0.2, 0.25) is 5.02 Å². The minimum Gasteiger partial charge on any atom is -0.493 e. The molecule has 0 unspecified atom stereocenters. The van der Waals surface area contributed by atoms with Crippen LogP contribution in [-0.2, 0) is 13.2 Å². The SMILES string of the molecule is COc1cccc(CNc2cccc(C(=O)NCC(C)C)c2)c1OCc1ccccc1Cl. The number of hydrogen-bond donors (Lipinski definition) is 2. The summed E-state index contributed by atoms with van der Waals surface area (Å²) in [6.07, 6.45) is 0. The van der Waals surface area contributed by atoms with E-state index >= 15 is 0 Å². The maximum absolute atomic E-state index is 12.4. The molecule has 0 bridgehead atoms. The number of ether oxygens (including phenoxy) is 2. The van der Waals surface area contributed by atoms with E-state index < -0.39 is 0 Å². The first-order chi connectivity index (χ1) is 15.5. The molecule has 0 saturated carbocycles. The van der Waals surface area contributed by atoms with Gasteiger partial charge in [-0.15, -0.1) is 0 Å². The van der Waals surface area contributed by atoms with Gasteiger partial charge in [0.15, 0.2) is 11.5 Å². The van der Waals surface area contributed by atoms with Gasteiger partial charge in [-0.25, -0.2) is 0 Å². The molecule has 5 nitrogen and oxygen atoms in total. The first-order valence-electron chi connectivity index (χ1n) is 10.6. The van der Waals surface area contributed by atoms with Gasteiger partial charge in [0, 0.05) is 40.5 Å². The number of para-hydroxylation sites is 1. The molecule has 0 saturated heterocycles. The van der Waals surface area contributed by atoms with E-state index in [1.54, 1.807) is 7.11 Å². The molecule has 0 atom stereocenters. The third-order valence-corrected chi connectivity index (χ3v) is 5.26. The zero-order chi connectivity index (χ0) is 22.9. The third kappa shape index (κ3) is 6.41. The van der Waals surface area contributed by atoms with Gasteiger partial charge >= 0.3 is 0 Å². The van der Waals surface area contributed by atoms with Gasteiger partial charge in [0.2, 0.25) is 0 Å². The van der Waals surface area contributed by atoms with Crippen LogP contribution in [0.25, 0.3) is 0 Å². The van der Waals surface area contributed by atoms with E-state index in [2.05, 4.69) is 24.5 Å². The smallest absolute Gasteiger partial charge is 0.251 e. The lowest BCUT2D eigenvalue weighted by Gasteiger charge is -2.17. The second kappa shape index (κ2) is 11.4. The topological polar surface area (TPSA) is 59.6 Å². The Labute approximate surface area is 194 Å². The van der Waals surface area contributed by atoms with E-state index in [-0.39, 0.29) is 5.91 Å². The lowest BCUT2D eigenvalue weighted by molar-refractivity contribution is 0.0949. The quantitative estimate of drug-likeness (QED) is 0.400. The number of nitrogens with one attached hydrogen (secondary N) is 2. The first kappa shape index (κ1) is 23.5. The zero-order valence-corrected chi connectivity index (χ0v) is 19.4. The fourth-order valence-corrected chi connectivity index (χ4v) is 3.35. The molecule has 32 heavy (non-hydrogen) atoms. The van der Waals surface area contributed by atoms with E-state index in [0.717, 1.165) is 16.8 Å². The van der Waals surface area contributed by atoms with Crippen LogP contribution in [-0.4, -0.2) is 19.6 Å². The standard InChI is InChI=1S/C26H29ClN2O3/c1-18(2)15-29-26(30)19-9-6-11-22(14-19)28-16-20-10-7-13-24(31-3)25(20)32-17-21-8-4-5-12-23(21)27/h4-14,18,28H,15-17H2,1-3H3,(H,29,30). The highest BCUT2D eigenvalue weighted by Gasteiger charge is 2.13. The summed E-state index contributed by atoms with van der Waals surface area (Å²) in [5, 5.41) is 6.99. The van der Waals surface area contributed by atoms with Crippen molar-refractivity contribution < 1.29 is 14.3 Å². The van der Waals surface area contributed by atoms with Crippen LogP contribution in [0.1, 0.15) is 35.3 Å². The van der Waals surface area contributed by atoms with E-state index in [1.165, 1.54) is 0 Å². The summed E-state index contributed by atoms with van der Waals surface area (Å²) in [5.74, 6) is 1.64. The largest absolute Gasteiger partial charge is 0.493 e. The number of amides is 1. The van der Waals surface area contributed by atoms with Crippen molar-refractivity contribution >= 4 is 23.2 Å². The van der Waals surface area contributed by atoms with E-state index in [1.807, 2.05) is 66.7 Å². The molecule has 0 radical (unpaired) electrons. The van der Waals surface area contributed by atoms with Crippen LogP contribution in [0.4, 0.5) is 5.69 Å². The Morgan fingerprint density at radius 2 is 1.75 bits per heavy atom. The summed E-state index contributed by atoms with van der Waals surface area (Å²) < 4.78 is 11.6. The summed E-state index contributed by atoms with van der Waals surface area (Å²) in [7, 11) is 1.62. The molecule has 0 heterocycles. The Bertz CT molecular complexity index is 1050. The molecule has 3 aromatic rings. The second-order valence-electron chi connectivity index (χ2n) is 7.87. The number of hydrogen-bond acceptors (Lipinski definition) is 4. The molecule has 168 valence electrons. The monoisotopic (exact) mass is 452 g/mol. The number of rotatable bonds is 10. The van der Waals surface area contributed by atoms with Gasteiger partial charge in [-0.05, 0) is 36.2 Å². The number of carbonyl (C=O) groups is 1. The van der Waals surface area contributed by atoms with Crippen molar-refractivity contribution in [3.63, 3.8) is 0 Å². The number of benzene rings is 3. The molecule has 1 amide bonds. The van der Waals surface area contributed by atoms with Gasteiger partial charge in [-0.1, -0.05) is 61.8 Å². The Morgan fingerprint density at radius 1 is 1.00 bits per heavy atom. The fraction of sp³-hybridized carbons (Fsp3) is 0.269. The van der Waals surface area contributed by atoms with Crippen molar-refractivity contribution in [1.82, 2.24) is 5.32 Å². The third-order valence-electron chi connectivity index (χ3n) is 4.89. The Kier molecular flexibility index (Phi) is 8.40. The van der Waals surface area contributed by atoms with Gasteiger partial charge in [0.1, 0.15) is 6.61 Å². The van der Waals surface area contributed by atoms with Gasteiger partial charge in [0.25, 0.3) is 5.91 Å². The van der Waals surface area contributed by atoms with E-state index in [9.17, 15) is 4.79 Å². The molecule has 3 aromatic carbocycles. The molecule has 6 heteroatoms. The van der Waals surface area contributed by atoms with Crippen molar-refractivity contribution in [2.75, 3.05) is 19.0 Å². The average Bonchev–Trinajstić information content (AvgIpc) is 2.81. The number of methoxy groups -OCH3 is 1. The Balaban J connectivity index is 1.72. The number of anilines is 1. The van der Waals surface area contributed by atoms with Gasteiger partial charge in [0.05, 0.1) is 7.11 Å². The molecular formula is C26H29ClN2O3. The molecule has 3 rings (SSSR count). The molecule has 0 aliphatic rings. The summed E-state index contributed by atoms with van der Waals surface area (Å²) in [6, 6.07) is 20.8. The van der Waals surface area contributed by atoms with Gasteiger partial charge in [-0.2, -0.15) is 0 Å². The highest BCUT2D eigenvalue weighted by Crippen LogP contribution is 2.33. The summed E-state index contributed by atoms with van der Waals surface area (Å²) in [5.41, 5.74) is 3.31. The molecule has 0 spiro atoms. The summed E-state index contributed by atoms with van der Waals surface area (Å²) >= 11 is 6.27. The van der Waals surface area contributed by atoms with Crippen LogP contribution in [0.3, 0.4) is 0 Å². The summed E-state index contributed by atoms with van der Waals surface area (Å²) in [4.78, 5) is 12.4. The predicted octanol–water partition coefficient (Wildman–Crippen LogP) is 5.93. The van der Waals surface area contributed by atoms with Crippen LogP contribution >= 0.6 is 11.6 Å². The van der Waals surface area contributed by atoms with E-state index in [0.29, 0.717) is 47.7 Å². The van der Waals surface area contributed by atoms with Gasteiger partial charge < -0.3 is 20.1 Å². The Morgan fingerprint density at radius 3 is 2.50 bits per heavy atom. The molecule has 0 fully saturated rings.